The third-order valence-corrected chi connectivity index (χ3v) is 2.14. The van der Waals surface area contributed by atoms with Crippen LogP contribution in [0.5, 0.6) is 0 Å². The number of benzene rings is 1. The zero-order chi connectivity index (χ0) is 11.4. The molecule has 0 fully saturated rings. The smallest absolute Gasteiger partial charge is 0.209 e. The van der Waals surface area contributed by atoms with Crippen LogP contribution in [0.2, 0.25) is 10.4 Å². The Morgan fingerprint density at radius 1 is 0.938 bits per heavy atom. The van der Waals surface area contributed by atoms with E-state index >= 15 is 0 Å². The molecule has 0 saturated heterocycles. The maximum absolute atomic E-state index is 5.73. The standard InChI is InChI=1S/C12H6Cl2N2/c13-11-8-10(15-12(14)16-11)7-6-9-4-2-1-3-5-9/h1-5,8H. The molecule has 16 heavy (non-hydrogen) atoms. The first-order valence-electron chi connectivity index (χ1n) is 4.51. The molecule has 4 heteroatoms. The molecule has 0 spiro atoms. The second-order valence-corrected chi connectivity index (χ2v) is 3.69. The van der Waals surface area contributed by atoms with Gasteiger partial charge in [0.05, 0.1) is 0 Å². The number of rotatable bonds is 0. The molecular weight excluding hydrogens is 243 g/mol. The summed E-state index contributed by atoms with van der Waals surface area (Å²) in [4.78, 5) is 7.69. The lowest BCUT2D eigenvalue weighted by Gasteiger charge is -1.92. The first-order chi connectivity index (χ1) is 7.74. The number of nitrogens with zero attached hydrogens (tertiary/aromatic N) is 2. The molecule has 78 valence electrons. The Labute approximate surface area is 103 Å². The average Bonchev–Trinajstić information content (AvgIpc) is 2.27. The minimum Gasteiger partial charge on any atom is -0.209 e. The van der Waals surface area contributed by atoms with Crippen LogP contribution in [0.1, 0.15) is 11.3 Å². The molecule has 0 radical (unpaired) electrons. The van der Waals surface area contributed by atoms with Gasteiger partial charge in [-0.3, -0.25) is 0 Å². The van der Waals surface area contributed by atoms with Gasteiger partial charge in [0, 0.05) is 11.6 Å². The van der Waals surface area contributed by atoms with Gasteiger partial charge in [0.2, 0.25) is 5.28 Å². The molecule has 2 rings (SSSR count). The monoisotopic (exact) mass is 248 g/mol. The molecule has 0 bridgehead atoms. The highest BCUT2D eigenvalue weighted by atomic mass is 35.5. The summed E-state index contributed by atoms with van der Waals surface area (Å²) < 4.78 is 0. The van der Waals surface area contributed by atoms with E-state index in [2.05, 4.69) is 21.8 Å². The van der Waals surface area contributed by atoms with Crippen LogP contribution in [0.4, 0.5) is 0 Å². The number of hydrogen-bond acceptors (Lipinski definition) is 2. The zero-order valence-electron chi connectivity index (χ0n) is 8.11. The fourth-order valence-corrected chi connectivity index (χ4v) is 1.52. The van der Waals surface area contributed by atoms with Gasteiger partial charge in [-0.25, -0.2) is 9.97 Å². The molecule has 0 amide bonds. The first-order valence-corrected chi connectivity index (χ1v) is 5.27. The van der Waals surface area contributed by atoms with Crippen molar-refractivity contribution >= 4 is 23.2 Å². The molecule has 0 aliphatic carbocycles. The third kappa shape index (κ3) is 2.96. The van der Waals surface area contributed by atoms with Crippen molar-refractivity contribution < 1.29 is 0 Å². The molecule has 0 N–H and O–H groups in total. The van der Waals surface area contributed by atoms with E-state index in [-0.39, 0.29) is 10.4 Å². The van der Waals surface area contributed by atoms with Gasteiger partial charge in [0.25, 0.3) is 0 Å². The van der Waals surface area contributed by atoms with Crippen LogP contribution in [-0.4, -0.2) is 9.97 Å². The summed E-state index contributed by atoms with van der Waals surface area (Å²) in [6.07, 6.45) is 0. The lowest BCUT2D eigenvalue weighted by atomic mass is 10.2. The number of hydrogen-bond donors (Lipinski definition) is 0. The Hall–Kier alpha value is -1.56. The van der Waals surface area contributed by atoms with Crippen LogP contribution in [0.25, 0.3) is 0 Å². The van der Waals surface area contributed by atoms with Crippen molar-refractivity contribution in [2.45, 2.75) is 0 Å². The SMILES string of the molecule is Clc1cc(C#Cc2ccccc2)nc(Cl)n1. The second-order valence-electron chi connectivity index (χ2n) is 2.96. The minimum atomic E-state index is 0.102. The number of halogens is 2. The van der Waals surface area contributed by atoms with E-state index < -0.39 is 0 Å². The van der Waals surface area contributed by atoms with Crippen molar-refractivity contribution in [1.82, 2.24) is 9.97 Å². The third-order valence-electron chi connectivity index (χ3n) is 1.78. The van der Waals surface area contributed by atoms with Gasteiger partial charge in [-0.15, -0.1) is 0 Å². The van der Waals surface area contributed by atoms with E-state index in [1.165, 1.54) is 0 Å². The Morgan fingerprint density at radius 2 is 1.69 bits per heavy atom. The van der Waals surface area contributed by atoms with Gasteiger partial charge in [-0.1, -0.05) is 35.7 Å². The van der Waals surface area contributed by atoms with Crippen LogP contribution in [0.15, 0.2) is 36.4 Å². The zero-order valence-corrected chi connectivity index (χ0v) is 9.63. The lowest BCUT2D eigenvalue weighted by molar-refractivity contribution is 1.15. The van der Waals surface area contributed by atoms with Crippen molar-refractivity contribution in [2.75, 3.05) is 0 Å². The van der Waals surface area contributed by atoms with Gasteiger partial charge < -0.3 is 0 Å². The van der Waals surface area contributed by atoms with Crippen LogP contribution < -0.4 is 0 Å². The van der Waals surface area contributed by atoms with Crippen molar-refractivity contribution in [1.29, 1.82) is 0 Å². The molecule has 0 aliphatic rings. The lowest BCUT2D eigenvalue weighted by Crippen LogP contribution is -1.87. The number of aromatic nitrogens is 2. The topological polar surface area (TPSA) is 25.8 Å². The molecule has 0 aliphatic heterocycles. The normalized spacial score (nSPS) is 9.38. The highest BCUT2D eigenvalue weighted by molar-refractivity contribution is 6.31. The van der Waals surface area contributed by atoms with Crippen molar-refractivity contribution in [2.24, 2.45) is 0 Å². The van der Waals surface area contributed by atoms with Crippen molar-refractivity contribution in [3.63, 3.8) is 0 Å². The van der Waals surface area contributed by atoms with Gasteiger partial charge >= 0.3 is 0 Å². The summed E-state index contributed by atoms with van der Waals surface area (Å²) in [5.41, 5.74) is 1.42. The fraction of sp³-hybridized carbons (Fsp3) is 0. The first kappa shape index (κ1) is 10.9. The summed E-state index contributed by atoms with van der Waals surface area (Å²) in [5.74, 6) is 5.83. The summed E-state index contributed by atoms with van der Waals surface area (Å²) >= 11 is 11.4. The van der Waals surface area contributed by atoms with Gasteiger partial charge in [0.1, 0.15) is 10.8 Å². The molecule has 1 heterocycles. The largest absolute Gasteiger partial charge is 0.224 e. The molecule has 1 aromatic carbocycles. The molecule has 0 unspecified atom stereocenters. The van der Waals surface area contributed by atoms with Crippen LogP contribution in [0.3, 0.4) is 0 Å². The summed E-state index contributed by atoms with van der Waals surface area (Å²) in [6.45, 7) is 0. The van der Waals surface area contributed by atoms with Gasteiger partial charge in [-0.2, -0.15) is 0 Å². The highest BCUT2D eigenvalue weighted by Gasteiger charge is 1.97. The van der Waals surface area contributed by atoms with E-state index in [9.17, 15) is 0 Å². The van der Waals surface area contributed by atoms with E-state index in [0.29, 0.717) is 5.69 Å². The second kappa shape index (κ2) is 4.98. The predicted octanol–water partition coefficient (Wildman–Crippen LogP) is 3.18. The summed E-state index contributed by atoms with van der Waals surface area (Å²) in [7, 11) is 0. The minimum absolute atomic E-state index is 0.102. The van der Waals surface area contributed by atoms with Gasteiger partial charge in [-0.05, 0) is 29.7 Å². The summed E-state index contributed by atoms with van der Waals surface area (Å²) in [6, 6.07) is 11.2. The van der Waals surface area contributed by atoms with Crippen molar-refractivity contribution in [3.8, 4) is 11.8 Å². The van der Waals surface area contributed by atoms with E-state index in [0.717, 1.165) is 5.56 Å². The molecule has 1 aromatic heterocycles. The Kier molecular flexibility index (Phi) is 3.40. The quantitative estimate of drug-likeness (QED) is 0.407. The molecule has 2 nitrogen and oxygen atoms in total. The van der Waals surface area contributed by atoms with Gasteiger partial charge in [0.15, 0.2) is 0 Å². The molecule has 2 aromatic rings. The van der Waals surface area contributed by atoms with Crippen LogP contribution in [0, 0.1) is 11.8 Å². The maximum Gasteiger partial charge on any atom is 0.224 e. The van der Waals surface area contributed by atoms with E-state index in [4.69, 9.17) is 23.2 Å². The van der Waals surface area contributed by atoms with Crippen LogP contribution >= 0.6 is 23.2 Å². The van der Waals surface area contributed by atoms with E-state index in [1.807, 2.05) is 30.3 Å². The van der Waals surface area contributed by atoms with Crippen molar-refractivity contribution in [3.05, 3.63) is 58.1 Å². The molecule has 0 atom stereocenters. The highest BCUT2D eigenvalue weighted by Crippen LogP contribution is 2.09. The average molecular weight is 249 g/mol. The Balaban J connectivity index is 2.31. The molecular formula is C12H6Cl2N2. The predicted molar refractivity (Wildman–Crippen MR) is 64.5 cm³/mol. The van der Waals surface area contributed by atoms with E-state index in [1.54, 1.807) is 6.07 Å². The Bertz CT molecular complexity index is 536. The summed E-state index contributed by atoms with van der Waals surface area (Å²) in [5, 5.41) is 0.391. The fourth-order valence-electron chi connectivity index (χ4n) is 1.11. The maximum atomic E-state index is 5.73. The van der Waals surface area contributed by atoms with Crippen LogP contribution in [-0.2, 0) is 0 Å². The Morgan fingerprint density at radius 3 is 2.38 bits per heavy atom. The molecule has 0 saturated carbocycles.